The minimum Gasteiger partial charge on any atom is -0.468 e. The molecule has 1 aliphatic rings. The maximum atomic E-state index is 13.7. The number of imidazole rings is 1. The predicted molar refractivity (Wildman–Crippen MR) is 144 cm³/mol. The first-order valence-electron chi connectivity index (χ1n) is 12.8. The van der Waals surface area contributed by atoms with Crippen LogP contribution in [-0.4, -0.2) is 64.1 Å². The Labute approximate surface area is 229 Å². The Morgan fingerprint density at radius 2 is 1.90 bits per heavy atom. The zero-order chi connectivity index (χ0) is 28.4. The van der Waals surface area contributed by atoms with Gasteiger partial charge in [0.1, 0.15) is 0 Å². The zero-order valence-corrected chi connectivity index (χ0v) is 22.3. The second kappa shape index (κ2) is 11.3. The summed E-state index contributed by atoms with van der Waals surface area (Å²) in [5.74, 6) is -1.29. The van der Waals surface area contributed by atoms with E-state index in [0.717, 1.165) is 22.2 Å². The largest absolute Gasteiger partial charge is 0.468 e. The molecule has 208 valence electrons. The van der Waals surface area contributed by atoms with Gasteiger partial charge in [-0.25, -0.2) is 4.98 Å². The van der Waals surface area contributed by atoms with Crippen molar-refractivity contribution in [1.29, 1.82) is 0 Å². The Morgan fingerprint density at radius 1 is 1.12 bits per heavy atom. The van der Waals surface area contributed by atoms with Crippen molar-refractivity contribution in [3.8, 4) is 11.8 Å². The van der Waals surface area contributed by atoms with Gasteiger partial charge in [-0.2, -0.15) is 13.8 Å². The number of fused-ring (bicyclic) bond motifs is 1. The zero-order valence-electron chi connectivity index (χ0n) is 22.3. The molecule has 2 aromatic heterocycles. The number of nitrogens with one attached hydrogen (secondary N) is 1. The molecule has 3 heterocycles. The lowest BCUT2D eigenvalue weighted by Crippen LogP contribution is -2.51. The predicted octanol–water partition coefficient (Wildman–Crippen LogP) is 4.32. The van der Waals surface area contributed by atoms with Gasteiger partial charge in [-0.15, -0.1) is 0 Å². The van der Waals surface area contributed by atoms with Crippen molar-refractivity contribution in [2.75, 3.05) is 20.2 Å². The van der Waals surface area contributed by atoms with Crippen LogP contribution in [0.25, 0.3) is 11.0 Å². The van der Waals surface area contributed by atoms with Crippen LogP contribution in [0.4, 0.5) is 8.78 Å². The van der Waals surface area contributed by atoms with Gasteiger partial charge in [-0.3, -0.25) is 14.2 Å². The molecule has 9 nitrogen and oxygen atoms in total. The molecule has 2 amide bonds. The summed E-state index contributed by atoms with van der Waals surface area (Å²) in [6.45, 7) is -0.440. The van der Waals surface area contributed by atoms with Crippen molar-refractivity contribution in [2.45, 2.75) is 31.9 Å². The summed E-state index contributed by atoms with van der Waals surface area (Å²) in [6.07, 6.45) is 1.80. The third-order valence-corrected chi connectivity index (χ3v) is 7.21. The number of hydrogen-bond donors (Lipinski definition) is 1. The van der Waals surface area contributed by atoms with Crippen molar-refractivity contribution in [3.63, 3.8) is 0 Å². The molecule has 0 radical (unpaired) electrons. The van der Waals surface area contributed by atoms with Crippen molar-refractivity contribution >= 4 is 22.8 Å². The van der Waals surface area contributed by atoms with Crippen LogP contribution in [0.3, 0.4) is 0 Å². The molecule has 0 bridgehead atoms. The van der Waals surface area contributed by atoms with Gasteiger partial charge in [-0.05, 0) is 48.7 Å². The first kappa shape index (κ1) is 27.0. The summed E-state index contributed by atoms with van der Waals surface area (Å²) in [6, 6.07) is 16.0. The van der Waals surface area contributed by atoms with Gasteiger partial charge in [0.05, 0.1) is 18.1 Å². The number of aryl methyl sites for hydroxylation is 2. The van der Waals surface area contributed by atoms with Gasteiger partial charge >= 0.3 is 6.61 Å². The van der Waals surface area contributed by atoms with Crippen molar-refractivity contribution in [2.24, 2.45) is 7.05 Å². The van der Waals surface area contributed by atoms with E-state index in [1.807, 2.05) is 56.4 Å². The summed E-state index contributed by atoms with van der Waals surface area (Å²) in [7, 11) is 3.39. The van der Waals surface area contributed by atoms with Crippen molar-refractivity contribution in [3.05, 3.63) is 83.2 Å². The summed E-state index contributed by atoms with van der Waals surface area (Å²) < 4.78 is 37.4. The van der Waals surface area contributed by atoms with E-state index in [1.165, 1.54) is 18.3 Å². The summed E-state index contributed by atoms with van der Waals surface area (Å²) in [4.78, 5) is 37.1. The molecule has 1 aliphatic heterocycles. The number of nitrogens with zero attached hydrogens (tertiary/aromatic N) is 4. The molecule has 1 fully saturated rings. The summed E-state index contributed by atoms with van der Waals surface area (Å²) >= 11 is 0. The smallest absolute Gasteiger partial charge is 0.387 e. The molecule has 2 atom stereocenters. The number of pyridine rings is 1. The van der Waals surface area contributed by atoms with Gasteiger partial charge in [0.2, 0.25) is 0 Å². The number of alkyl halides is 2. The van der Waals surface area contributed by atoms with Crippen LogP contribution >= 0.6 is 0 Å². The van der Waals surface area contributed by atoms with Gasteiger partial charge in [0.25, 0.3) is 17.8 Å². The van der Waals surface area contributed by atoms with Crippen LogP contribution in [0.15, 0.2) is 60.8 Å². The van der Waals surface area contributed by atoms with Crippen molar-refractivity contribution < 1.29 is 27.8 Å². The quantitative estimate of drug-likeness (QED) is 0.369. The summed E-state index contributed by atoms with van der Waals surface area (Å²) in [5.41, 5.74) is 3.68. The second-order valence-electron chi connectivity index (χ2n) is 9.68. The van der Waals surface area contributed by atoms with Crippen LogP contribution in [-0.2, 0) is 7.05 Å². The normalized spacial score (nSPS) is 17.2. The van der Waals surface area contributed by atoms with Crippen LogP contribution in [0.2, 0.25) is 0 Å². The SMILES string of the molecule is COc1nc2c(C)cc(C(=O)N3CC[C@@H](NC(=O)c4ncccc4OC(F)F)[C@@H](c4ccccc4)C3)cc2n1C. The van der Waals surface area contributed by atoms with Gasteiger partial charge < -0.3 is 19.7 Å². The number of amides is 2. The Balaban J connectivity index is 1.40. The lowest BCUT2D eigenvalue weighted by Gasteiger charge is -2.39. The lowest BCUT2D eigenvalue weighted by atomic mass is 9.85. The highest BCUT2D eigenvalue weighted by molar-refractivity contribution is 5.99. The first-order valence-corrected chi connectivity index (χ1v) is 12.8. The standard InChI is InChI=1S/C29H29F2N5O4/c1-17-14-19(15-22-24(17)34-29(39-3)35(22)2)27(38)36-13-11-21(20(16-36)18-8-5-4-6-9-18)33-26(37)25-23(40-28(30)31)10-7-12-32-25/h4-10,12,14-15,20-21,28H,11,13,16H2,1-3H3,(H,33,37)/t20-,21-/m1/s1. The van der Waals surface area contributed by atoms with E-state index in [2.05, 4.69) is 20.0 Å². The van der Waals surface area contributed by atoms with E-state index in [4.69, 9.17) is 4.74 Å². The molecule has 0 saturated carbocycles. The Kier molecular flexibility index (Phi) is 7.63. The van der Waals surface area contributed by atoms with Crippen LogP contribution in [0.5, 0.6) is 11.8 Å². The number of benzene rings is 2. The number of ether oxygens (including phenoxy) is 2. The molecule has 40 heavy (non-hydrogen) atoms. The number of piperidine rings is 1. The molecular formula is C29H29F2N5O4. The Bertz CT molecular complexity index is 1540. The molecule has 2 aromatic carbocycles. The van der Waals surface area contributed by atoms with Gasteiger partial charge in [0.15, 0.2) is 11.4 Å². The van der Waals surface area contributed by atoms with Crippen LogP contribution < -0.4 is 14.8 Å². The number of hydrogen-bond acceptors (Lipinski definition) is 6. The van der Waals surface area contributed by atoms with Gasteiger partial charge in [-0.1, -0.05) is 30.3 Å². The molecular weight excluding hydrogens is 520 g/mol. The molecule has 1 N–H and O–H groups in total. The number of carbonyl (C=O) groups excluding carboxylic acids is 2. The minimum absolute atomic E-state index is 0.131. The highest BCUT2D eigenvalue weighted by Crippen LogP contribution is 2.31. The fourth-order valence-electron chi connectivity index (χ4n) is 5.26. The van der Waals surface area contributed by atoms with E-state index >= 15 is 0 Å². The third kappa shape index (κ3) is 5.31. The molecule has 11 heteroatoms. The van der Waals surface area contributed by atoms with E-state index in [-0.39, 0.29) is 29.3 Å². The number of rotatable bonds is 7. The molecule has 0 aliphatic carbocycles. The molecule has 5 rings (SSSR count). The topological polar surface area (TPSA) is 98.6 Å². The Morgan fingerprint density at radius 3 is 2.62 bits per heavy atom. The Hall–Kier alpha value is -4.54. The average molecular weight is 550 g/mol. The fraction of sp³-hybridized carbons (Fsp3) is 0.310. The van der Waals surface area contributed by atoms with Crippen LogP contribution in [0.1, 0.15) is 44.3 Å². The maximum Gasteiger partial charge on any atom is 0.387 e. The number of methoxy groups -OCH3 is 1. The monoisotopic (exact) mass is 549 g/mol. The summed E-state index contributed by atoms with van der Waals surface area (Å²) in [5, 5.41) is 2.96. The van der Waals surface area contributed by atoms with E-state index < -0.39 is 12.5 Å². The van der Waals surface area contributed by atoms with Gasteiger partial charge in [0, 0.05) is 43.9 Å². The maximum absolute atomic E-state index is 13.7. The van der Waals surface area contributed by atoms with E-state index in [9.17, 15) is 18.4 Å². The second-order valence-corrected chi connectivity index (χ2v) is 9.68. The highest BCUT2D eigenvalue weighted by atomic mass is 19.3. The van der Waals surface area contributed by atoms with Crippen LogP contribution in [0, 0.1) is 6.92 Å². The van der Waals surface area contributed by atoms with Crippen molar-refractivity contribution in [1.82, 2.24) is 24.8 Å². The van der Waals surface area contributed by atoms with E-state index in [0.29, 0.717) is 31.1 Å². The molecule has 0 unspecified atom stereocenters. The minimum atomic E-state index is -3.09. The third-order valence-electron chi connectivity index (χ3n) is 7.21. The fourth-order valence-corrected chi connectivity index (χ4v) is 5.26. The molecule has 1 saturated heterocycles. The average Bonchev–Trinajstić information content (AvgIpc) is 3.29. The van der Waals surface area contributed by atoms with E-state index in [1.54, 1.807) is 16.6 Å². The highest BCUT2D eigenvalue weighted by Gasteiger charge is 2.35. The number of aromatic nitrogens is 3. The first-order chi connectivity index (χ1) is 19.3. The molecule has 4 aromatic rings. The number of likely N-dealkylation sites (tertiary alicyclic amines) is 1. The molecule has 0 spiro atoms. The lowest BCUT2D eigenvalue weighted by molar-refractivity contribution is -0.0504. The number of halogens is 2. The number of carbonyl (C=O) groups is 2.